The largest absolute Gasteiger partial charge is 0.352 e. The number of hydrogen-bond acceptors (Lipinski definition) is 3. The Hall–Kier alpha value is -3.42. The summed E-state index contributed by atoms with van der Waals surface area (Å²) in [6.45, 7) is 2.53. The van der Waals surface area contributed by atoms with E-state index in [9.17, 15) is 14.0 Å². The average molecular weight is 367 g/mol. The molecule has 1 aromatic carbocycles. The SMILES string of the molecule is Cc1nc2ccccn2c1C1C(=O)NCCN1C(=O)Nc1ccc(F)cc1. The van der Waals surface area contributed by atoms with Crippen molar-refractivity contribution in [3.63, 3.8) is 0 Å². The zero-order valence-corrected chi connectivity index (χ0v) is 14.6. The van der Waals surface area contributed by atoms with Gasteiger partial charge in [-0.25, -0.2) is 14.2 Å². The molecule has 1 atom stereocenters. The third kappa shape index (κ3) is 3.10. The van der Waals surface area contributed by atoms with Crippen molar-refractivity contribution in [3.05, 3.63) is 65.9 Å². The number of pyridine rings is 1. The highest BCUT2D eigenvalue weighted by Gasteiger charge is 2.37. The van der Waals surface area contributed by atoms with Crippen molar-refractivity contribution in [1.82, 2.24) is 19.6 Å². The molecule has 0 aliphatic carbocycles. The van der Waals surface area contributed by atoms with Crippen LogP contribution in [0.25, 0.3) is 5.65 Å². The van der Waals surface area contributed by atoms with Crippen LogP contribution in [-0.2, 0) is 4.79 Å². The van der Waals surface area contributed by atoms with Gasteiger partial charge in [0.2, 0.25) is 5.91 Å². The number of benzene rings is 1. The maximum Gasteiger partial charge on any atom is 0.322 e. The molecular weight excluding hydrogens is 349 g/mol. The highest BCUT2D eigenvalue weighted by molar-refractivity contribution is 5.95. The lowest BCUT2D eigenvalue weighted by Gasteiger charge is -2.35. The average Bonchev–Trinajstić information content (AvgIpc) is 2.99. The van der Waals surface area contributed by atoms with E-state index >= 15 is 0 Å². The number of halogens is 1. The number of nitrogens with one attached hydrogen (secondary N) is 2. The molecule has 1 saturated heterocycles. The fourth-order valence-electron chi connectivity index (χ4n) is 3.35. The lowest BCUT2D eigenvalue weighted by Crippen LogP contribution is -2.53. The van der Waals surface area contributed by atoms with Gasteiger partial charge in [-0.1, -0.05) is 6.07 Å². The second kappa shape index (κ2) is 6.71. The molecule has 0 saturated carbocycles. The molecule has 1 unspecified atom stereocenters. The minimum absolute atomic E-state index is 0.260. The minimum atomic E-state index is -0.809. The predicted octanol–water partition coefficient (Wildman–Crippen LogP) is 2.49. The molecule has 1 aliphatic heterocycles. The molecule has 1 aliphatic rings. The molecule has 1 fully saturated rings. The molecule has 0 radical (unpaired) electrons. The highest BCUT2D eigenvalue weighted by Crippen LogP contribution is 2.28. The maximum absolute atomic E-state index is 13.1. The summed E-state index contributed by atoms with van der Waals surface area (Å²) in [6, 6.07) is 9.82. The normalized spacial score (nSPS) is 17.0. The summed E-state index contributed by atoms with van der Waals surface area (Å²) >= 11 is 0. The van der Waals surface area contributed by atoms with Crippen LogP contribution in [0, 0.1) is 12.7 Å². The second-order valence-corrected chi connectivity index (χ2v) is 6.34. The lowest BCUT2D eigenvalue weighted by atomic mass is 10.1. The van der Waals surface area contributed by atoms with Gasteiger partial charge in [0.1, 0.15) is 11.5 Å². The van der Waals surface area contributed by atoms with Crippen molar-refractivity contribution < 1.29 is 14.0 Å². The molecule has 2 aromatic heterocycles. The number of carbonyl (C=O) groups is 2. The van der Waals surface area contributed by atoms with Crippen molar-refractivity contribution in [2.45, 2.75) is 13.0 Å². The number of fused-ring (bicyclic) bond motifs is 1. The third-order valence-electron chi connectivity index (χ3n) is 4.58. The number of rotatable bonds is 2. The molecule has 138 valence electrons. The fourth-order valence-corrected chi connectivity index (χ4v) is 3.35. The Bertz CT molecular complexity index is 1010. The number of anilines is 1. The van der Waals surface area contributed by atoms with Crippen LogP contribution in [-0.4, -0.2) is 39.3 Å². The molecule has 7 nitrogen and oxygen atoms in total. The molecule has 3 amide bonds. The molecule has 27 heavy (non-hydrogen) atoms. The Morgan fingerprint density at radius 1 is 1.26 bits per heavy atom. The van der Waals surface area contributed by atoms with E-state index in [4.69, 9.17) is 0 Å². The van der Waals surface area contributed by atoms with Gasteiger partial charge in [0.05, 0.1) is 11.4 Å². The Morgan fingerprint density at radius 3 is 2.81 bits per heavy atom. The Kier molecular flexibility index (Phi) is 4.23. The van der Waals surface area contributed by atoms with E-state index in [0.29, 0.717) is 35.8 Å². The number of amides is 3. The first-order chi connectivity index (χ1) is 13.0. The maximum atomic E-state index is 13.1. The van der Waals surface area contributed by atoms with Crippen LogP contribution in [0.2, 0.25) is 0 Å². The van der Waals surface area contributed by atoms with Gasteiger partial charge in [-0.3, -0.25) is 4.79 Å². The first-order valence-corrected chi connectivity index (χ1v) is 8.59. The number of aromatic nitrogens is 2. The van der Waals surface area contributed by atoms with Crippen molar-refractivity contribution in [1.29, 1.82) is 0 Å². The molecule has 8 heteroatoms. The van der Waals surface area contributed by atoms with Gasteiger partial charge in [0, 0.05) is 25.0 Å². The minimum Gasteiger partial charge on any atom is -0.352 e. The summed E-state index contributed by atoms with van der Waals surface area (Å²) in [6.07, 6.45) is 1.82. The van der Waals surface area contributed by atoms with Gasteiger partial charge in [0.25, 0.3) is 0 Å². The van der Waals surface area contributed by atoms with E-state index in [1.54, 1.807) is 0 Å². The monoisotopic (exact) mass is 367 g/mol. The molecule has 3 aromatic rings. The summed E-state index contributed by atoms with van der Waals surface area (Å²) < 4.78 is 14.9. The molecule has 0 spiro atoms. The summed E-state index contributed by atoms with van der Waals surface area (Å²) in [5, 5.41) is 5.55. The van der Waals surface area contributed by atoms with Crippen molar-refractivity contribution >= 4 is 23.3 Å². The van der Waals surface area contributed by atoms with E-state index in [1.807, 2.05) is 35.7 Å². The number of aryl methyl sites for hydroxylation is 1. The van der Waals surface area contributed by atoms with Crippen LogP contribution in [0.15, 0.2) is 48.7 Å². The summed E-state index contributed by atoms with van der Waals surface area (Å²) in [5.41, 5.74) is 2.50. The first-order valence-electron chi connectivity index (χ1n) is 8.59. The number of urea groups is 1. The van der Waals surface area contributed by atoms with Gasteiger partial charge >= 0.3 is 6.03 Å². The van der Waals surface area contributed by atoms with E-state index in [-0.39, 0.29) is 11.7 Å². The van der Waals surface area contributed by atoms with E-state index in [2.05, 4.69) is 15.6 Å². The van der Waals surface area contributed by atoms with E-state index in [1.165, 1.54) is 29.2 Å². The fraction of sp³-hybridized carbons (Fsp3) is 0.211. The number of piperazine rings is 1. The van der Waals surface area contributed by atoms with Crippen molar-refractivity contribution in [2.75, 3.05) is 18.4 Å². The predicted molar refractivity (Wildman–Crippen MR) is 97.8 cm³/mol. The lowest BCUT2D eigenvalue weighted by molar-refractivity contribution is -0.127. The Balaban J connectivity index is 1.70. The molecule has 2 N–H and O–H groups in total. The number of carbonyl (C=O) groups excluding carboxylic acids is 2. The van der Waals surface area contributed by atoms with Crippen LogP contribution in [0.1, 0.15) is 17.4 Å². The second-order valence-electron chi connectivity index (χ2n) is 6.34. The Labute approximate surface area is 154 Å². The number of hydrogen-bond donors (Lipinski definition) is 2. The standard InChI is InChI=1S/C19H18FN5O2/c1-12-16(24-10-3-2-4-15(24)22-12)17-18(26)21-9-11-25(17)19(27)23-14-7-5-13(20)6-8-14/h2-8,10,17H,9,11H2,1H3,(H,21,26)(H,23,27). The van der Waals surface area contributed by atoms with Crippen LogP contribution < -0.4 is 10.6 Å². The van der Waals surface area contributed by atoms with Crippen molar-refractivity contribution in [3.8, 4) is 0 Å². The number of imidazole rings is 1. The molecular formula is C19H18FN5O2. The zero-order chi connectivity index (χ0) is 19.0. The highest BCUT2D eigenvalue weighted by atomic mass is 19.1. The smallest absolute Gasteiger partial charge is 0.322 e. The summed E-state index contributed by atoms with van der Waals surface area (Å²) in [4.78, 5) is 31.5. The molecule has 0 bridgehead atoms. The first kappa shape index (κ1) is 17.0. The topological polar surface area (TPSA) is 78.7 Å². The quantitative estimate of drug-likeness (QED) is 0.730. The van der Waals surface area contributed by atoms with Gasteiger partial charge < -0.3 is 19.9 Å². The summed E-state index contributed by atoms with van der Waals surface area (Å²) in [7, 11) is 0. The third-order valence-corrected chi connectivity index (χ3v) is 4.58. The van der Waals surface area contributed by atoms with Gasteiger partial charge in [-0.15, -0.1) is 0 Å². The van der Waals surface area contributed by atoms with E-state index < -0.39 is 12.1 Å². The van der Waals surface area contributed by atoms with Crippen molar-refractivity contribution in [2.24, 2.45) is 0 Å². The van der Waals surface area contributed by atoms with Crippen LogP contribution >= 0.6 is 0 Å². The van der Waals surface area contributed by atoms with Crippen LogP contribution in [0.5, 0.6) is 0 Å². The van der Waals surface area contributed by atoms with Gasteiger partial charge in [-0.2, -0.15) is 0 Å². The molecule has 4 rings (SSSR count). The van der Waals surface area contributed by atoms with Crippen LogP contribution in [0.4, 0.5) is 14.9 Å². The van der Waals surface area contributed by atoms with Gasteiger partial charge in [0.15, 0.2) is 6.04 Å². The van der Waals surface area contributed by atoms with E-state index in [0.717, 1.165) is 0 Å². The Morgan fingerprint density at radius 2 is 2.04 bits per heavy atom. The van der Waals surface area contributed by atoms with Gasteiger partial charge in [-0.05, 0) is 43.3 Å². The van der Waals surface area contributed by atoms with Crippen LogP contribution in [0.3, 0.4) is 0 Å². The number of nitrogens with zero attached hydrogens (tertiary/aromatic N) is 3. The molecule has 3 heterocycles. The zero-order valence-electron chi connectivity index (χ0n) is 14.6. The summed E-state index contributed by atoms with van der Waals surface area (Å²) in [5.74, 6) is -0.645.